The molecule has 172 valence electrons. The molecule has 0 N–H and O–H groups in total. The number of rotatable bonds is 7. The van der Waals surface area contributed by atoms with E-state index in [9.17, 15) is 43.5 Å². The van der Waals surface area contributed by atoms with Crippen molar-refractivity contribution in [1.29, 1.82) is 0 Å². The average molecular weight is 477 g/mol. The summed E-state index contributed by atoms with van der Waals surface area (Å²) in [5.41, 5.74) is -7.88. The topological polar surface area (TPSA) is 101 Å². The van der Waals surface area contributed by atoms with E-state index in [1.165, 1.54) is 0 Å². The fourth-order valence-electron chi connectivity index (χ4n) is 1.47. The second-order valence-corrected chi connectivity index (χ2v) is 9.06. The minimum atomic E-state index is -6.18. The molecule has 0 spiro atoms. The number of nitrogens with zero attached hydrogens (tertiary/aromatic N) is 1. The van der Waals surface area contributed by atoms with Crippen LogP contribution >= 0.6 is 0 Å². The van der Waals surface area contributed by atoms with Crippen molar-refractivity contribution in [2.24, 2.45) is 0 Å². The number of halogens is 8. The molecule has 0 fully saturated rings. The van der Waals surface area contributed by atoms with Crippen LogP contribution in [-0.4, -0.2) is 82.0 Å². The molecule has 17 heteroatoms. The first-order valence-corrected chi connectivity index (χ1v) is 10.1. The first-order chi connectivity index (χ1) is 12.0. The Morgan fingerprint density at radius 1 is 0.929 bits per heavy atom. The van der Waals surface area contributed by atoms with E-state index in [0.29, 0.717) is 13.1 Å². The molecule has 0 rings (SSSR count). The number of hydrogen-bond acceptors (Lipinski definition) is 6. The summed E-state index contributed by atoms with van der Waals surface area (Å²) in [4.78, 5) is 0. The van der Waals surface area contributed by atoms with Crippen molar-refractivity contribution in [3.63, 3.8) is 0 Å². The Balaban J connectivity index is 0. The van der Waals surface area contributed by atoms with Crippen LogP contribution in [0.15, 0.2) is 0 Å². The maximum Gasteiger partial charge on any atom is 0.485 e. The van der Waals surface area contributed by atoms with Crippen molar-refractivity contribution >= 4 is 20.0 Å². The first-order valence-electron chi connectivity index (χ1n) is 7.10. The number of likely N-dealkylation sites (N-methyl/N-ethyl adjacent to an activating group) is 1. The van der Waals surface area contributed by atoms with E-state index in [2.05, 4.69) is 4.74 Å². The summed E-state index contributed by atoms with van der Waals surface area (Å²) >= 11 is 0. The van der Waals surface area contributed by atoms with Crippen LogP contribution in [0.1, 0.15) is 13.8 Å². The van der Waals surface area contributed by atoms with Crippen molar-refractivity contribution in [2.45, 2.75) is 36.2 Å². The molecule has 0 saturated heterocycles. The normalized spacial score (nSPS) is 15.6. The third-order valence-electron chi connectivity index (χ3n) is 3.70. The predicted molar refractivity (Wildman–Crippen MR) is 78.6 cm³/mol. The zero-order valence-electron chi connectivity index (χ0n) is 14.9. The van der Waals surface area contributed by atoms with Gasteiger partial charge in [0.15, 0.2) is 10.1 Å². The van der Waals surface area contributed by atoms with Gasteiger partial charge in [-0.1, -0.05) is 0 Å². The van der Waals surface area contributed by atoms with Gasteiger partial charge in [0.2, 0.25) is 5.44 Å². The first kappa shape index (κ1) is 29.4. The summed E-state index contributed by atoms with van der Waals surface area (Å²) < 4.78 is 149. The van der Waals surface area contributed by atoms with Crippen molar-refractivity contribution in [2.75, 3.05) is 33.8 Å². The molecule has 0 aromatic carbocycles. The van der Waals surface area contributed by atoms with Crippen molar-refractivity contribution in [1.82, 2.24) is 0 Å². The molecular weight excluding hydrogens is 458 g/mol. The largest absolute Gasteiger partial charge is 0.741 e. The van der Waals surface area contributed by atoms with E-state index in [0.717, 1.165) is 7.11 Å². The summed E-state index contributed by atoms with van der Waals surface area (Å²) in [6.45, 7) is 3.58. The van der Waals surface area contributed by atoms with E-state index < -0.39 is 48.9 Å². The van der Waals surface area contributed by atoms with Crippen LogP contribution in [0.4, 0.5) is 35.1 Å². The van der Waals surface area contributed by atoms with Crippen molar-refractivity contribution in [3.8, 4) is 0 Å². The zero-order valence-corrected chi connectivity index (χ0v) is 16.6. The Morgan fingerprint density at radius 2 is 1.25 bits per heavy atom. The highest BCUT2D eigenvalue weighted by Gasteiger charge is 2.69. The lowest BCUT2D eigenvalue weighted by molar-refractivity contribution is -0.907. The summed E-state index contributed by atoms with van der Waals surface area (Å²) in [6.07, 6.45) is -6.18. The van der Waals surface area contributed by atoms with Gasteiger partial charge in [-0.05, 0) is 13.8 Å². The maximum atomic E-state index is 13.1. The monoisotopic (exact) mass is 477 g/mol. The van der Waals surface area contributed by atoms with Gasteiger partial charge in [-0.2, -0.15) is 35.1 Å². The van der Waals surface area contributed by atoms with E-state index in [1.54, 1.807) is 20.9 Å². The number of quaternary nitrogens is 1. The molecule has 0 aliphatic rings. The fraction of sp³-hybridized carbons (Fsp3) is 1.00. The standard InChI is InChI=1S/C10H19F5NO3S.CHF3O3S/c1-5-16(3,6-2)7-8(19-4)20(17,18)10(14,15)9(11,12)13;2-1(3,4)8(5,6)7/h8H,5-7H2,1-4H3;(H,5,6,7)/q+1;/p-1. The van der Waals surface area contributed by atoms with Crippen LogP contribution in [0.5, 0.6) is 0 Å². The van der Waals surface area contributed by atoms with Crippen LogP contribution in [-0.2, 0) is 24.7 Å². The van der Waals surface area contributed by atoms with E-state index in [-0.39, 0.29) is 4.48 Å². The Labute approximate surface area is 156 Å². The molecule has 7 nitrogen and oxygen atoms in total. The molecule has 1 unspecified atom stereocenters. The third kappa shape index (κ3) is 7.23. The summed E-state index contributed by atoms with van der Waals surface area (Å²) in [6, 6.07) is 0. The molecule has 0 saturated carbocycles. The molecule has 0 bridgehead atoms. The van der Waals surface area contributed by atoms with Crippen molar-refractivity contribution < 1.29 is 65.7 Å². The molecule has 0 aromatic heterocycles. The average Bonchev–Trinajstić information content (AvgIpc) is 2.49. The van der Waals surface area contributed by atoms with Crippen LogP contribution < -0.4 is 0 Å². The lowest BCUT2D eigenvalue weighted by atomic mass is 10.4. The Hall–Kier alpha value is -0.780. The molecule has 0 radical (unpaired) electrons. The second kappa shape index (κ2) is 9.36. The number of alkyl halides is 8. The summed E-state index contributed by atoms with van der Waals surface area (Å²) in [5, 5.41) is -5.84. The van der Waals surface area contributed by atoms with Crippen LogP contribution in [0.2, 0.25) is 0 Å². The zero-order chi connectivity index (χ0) is 23.4. The van der Waals surface area contributed by atoms with E-state index >= 15 is 0 Å². The minimum Gasteiger partial charge on any atom is -0.741 e. The van der Waals surface area contributed by atoms with Crippen LogP contribution in [0.3, 0.4) is 0 Å². The Bertz CT molecular complexity index is 698. The molecule has 0 aliphatic carbocycles. The summed E-state index contributed by atoms with van der Waals surface area (Å²) in [7, 11) is -9.60. The molecule has 28 heavy (non-hydrogen) atoms. The van der Waals surface area contributed by atoms with Gasteiger partial charge in [-0.3, -0.25) is 0 Å². The highest BCUT2D eigenvalue weighted by atomic mass is 32.2. The van der Waals surface area contributed by atoms with Gasteiger partial charge in [0, 0.05) is 7.11 Å². The molecule has 0 heterocycles. The predicted octanol–water partition coefficient (Wildman–Crippen LogP) is 2.07. The molecule has 0 amide bonds. The molecular formula is C11H19F8NO6S2. The highest BCUT2D eigenvalue weighted by Crippen LogP contribution is 2.42. The Morgan fingerprint density at radius 3 is 1.43 bits per heavy atom. The number of sulfone groups is 1. The van der Waals surface area contributed by atoms with Crippen LogP contribution in [0.25, 0.3) is 0 Å². The second-order valence-electron chi connectivity index (χ2n) is 5.56. The molecule has 1 atom stereocenters. The van der Waals surface area contributed by atoms with Gasteiger partial charge in [0.05, 0.1) is 20.1 Å². The van der Waals surface area contributed by atoms with Gasteiger partial charge in [0.1, 0.15) is 6.54 Å². The quantitative estimate of drug-likeness (QED) is 0.241. The molecule has 0 aliphatic heterocycles. The van der Waals surface area contributed by atoms with E-state index in [4.69, 9.17) is 13.0 Å². The SMILES string of the molecule is CC[N+](C)(CC)CC(OC)S(=O)(=O)C(F)(F)C(F)(F)F.O=S(=O)([O-])C(F)(F)F. The highest BCUT2D eigenvalue weighted by molar-refractivity contribution is 7.93. The van der Waals surface area contributed by atoms with Gasteiger partial charge < -0.3 is 13.8 Å². The maximum absolute atomic E-state index is 13.1. The number of ether oxygens (including phenoxy) is 1. The fourth-order valence-corrected chi connectivity index (χ4v) is 2.93. The van der Waals surface area contributed by atoms with Gasteiger partial charge in [-0.15, -0.1) is 0 Å². The Kier molecular flexibility index (Phi) is 9.83. The van der Waals surface area contributed by atoms with E-state index in [1.807, 2.05) is 0 Å². The smallest absolute Gasteiger partial charge is 0.485 e. The number of methoxy groups -OCH3 is 1. The van der Waals surface area contributed by atoms with Crippen molar-refractivity contribution in [3.05, 3.63) is 0 Å². The minimum absolute atomic E-state index is 0.00826. The van der Waals surface area contributed by atoms with Gasteiger partial charge in [0.25, 0.3) is 9.84 Å². The summed E-state index contributed by atoms with van der Waals surface area (Å²) in [5.74, 6) is 0. The third-order valence-corrected chi connectivity index (χ3v) is 6.24. The lowest BCUT2D eigenvalue weighted by Gasteiger charge is -2.35. The van der Waals surface area contributed by atoms with Gasteiger partial charge >= 0.3 is 16.9 Å². The van der Waals surface area contributed by atoms with Gasteiger partial charge in [-0.25, -0.2) is 16.8 Å². The lowest BCUT2D eigenvalue weighted by Crippen LogP contribution is -2.56. The van der Waals surface area contributed by atoms with Crippen LogP contribution in [0, 0.1) is 0 Å². The number of hydrogen-bond donors (Lipinski definition) is 0. The molecule has 0 aromatic rings.